The Balaban J connectivity index is 1.85. The molecule has 11 heteroatoms. The summed E-state index contributed by atoms with van der Waals surface area (Å²) in [5, 5.41) is 9.81. The molecular formula is C25H20F2IN5O3. The fraction of sp³-hybridized carbons (Fsp3) is 0.200. The highest BCUT2D eigenvalue weighted by molar-refractivity contribution is 14.1. The molecule has 2 aromatic heterocycles. The summed E-state index contributed by atoms with van der Waals surface area (Å²) >= 11 is 1.94. The van der Waals surface area contributed by atoms with Crippen LogP contribution in [0.1, 0.15) is 25.8 Å². The molecule has 1 saturated carbocycles. The Bertz CT molecular complexity index is 1680. The molecule has 0 radical (unpaired) electrons. The predicted molar refractivity (Wildman–Crippen MR) is 142 cm³/mol. The van der Waals surface area contributed by atoms with Crippen molar-refractivity contribution in [3.8, 4) is 11.3 Å². The van der Waals surface area contributed by atoms with Gasteiger partial charge in [-0.3, -0.25) is 14.4 Å². The van der Waals surface area contributed by atoms with E-state index in [0.717, 1.165) is 17.4 Å². The van der Waals surface area contributed by atoms with E-state index in [1.807, 2.05) is 22.6 Å². The molecule has 0 aliphatic heterocycles. The number of carbonyl (C=O) groups excluding carboxylic acids is 1. The zero-order valence-electron chi connectivity index (χ0n) is 19.2. The first-order valence-electron chi connectivity index (χ1n) is 11.1. The number of hydrogen-bond acceptors (Lipinski definition) is 5. The molecule has 36 heavy (non-hydrogen) atoms. The van der Waals surface area contributed by atoms with Crippen molar-refractivity contribution in [1.29, 1.82) is 0 Å². The largest absolute Gasteiger partial charge is 0.350 e. The van der Waals surface area contributed by atoms with Gasteiger partial charge in [0.15, 0.2) is 0 Å². The Hall–Kier alpha value is -3.61. The number of hydrogen-bond donors (Lipinski definition) is 2. The minimum Gasteiger partial charge on any atom is -0.350 e. The van der Waals surface area contributed by atoms with Crippen LogP contribution >= 0.6 is 22.6 Å². The zero-order valence-corrected chi connectivity index (χ0v) is 21.4. The van der Waals surface area contributed by atoms with Crippen molar-refractivity contribution in [3.63, 3.8) is 0 Å². The summed E-state index contributed by atoms with van der Waals surface area (Å²) in [7, 11) is 1.35. The van der Waals surface area contributed by atoms with Crippen molar-refractivity contribution in [1.82, 2.24) is 14.3 Å². The van der Waals surface area contributed by atoms with E-state index >= 15 is 4.39 Å². The Labute approximate surface area is 217 Å². The van der Waals surface area contributed by atoms with Gasteiger partial charge in [-0.2, -0.15) is 9.49 Å². The molecule has 0 atom stereocenters. The number of benzene rings is 2. The number of aryl methyl sites for hydroxylation is 1. The number of nitrogens with one attached hydrogen (secondary N) is 2. The van der Waals surface area contributed by atoms with Crippen LogP contribution in [0.15, 0.2) is 52.1 Å². The smallest absolute Gasteiger partial charge is 0.289 e. The molecule has 184 valence electrons. The lowest BCUT2D eigenvalue weighted by molar-refractivity contribution is -0.114. The summed E-state index contributed by atoms with van der Waals surface area (Å²) in [5.74, 6) is -2.13. The van der Waals surface area contributed by atoms with Crippen molar-refractivity contribution >= 4 is 56.5 Å². The normalized spacial score (nSPS) is 13.1. The second kappa shape index (κ2) is 9.12. The van der Waals surface area contributed by atoms with E-state index in [2.05, 4.69) is 15.7 Å². The van der Waals surface area contributed by atoms with Gasteiger partial charge in [-0.25, -0.2) is 9.07 Å². The second-order valence-corrected chi connectivity index (χ2v) is 9.86. The summed E-state index contributed by atoms with van der Waals surface area (Å²) < 4.78 is 33.0. The highest BCUT2D eigenvalue weighted by Gasteiger charge is 2.31. The first kappa shape index (κ1) is 24.1. The van der Waals surface area contributed by atoms with Crippen LogP contribution in [0.5, 0.6) is 0 Å². The molecular weight excluding hydrogens is 583 g/mol. The lowest BCUT2D eigenvalue weighted by atomic mass is 10.1. The number of halogens is 3. The highest BCUT2D eigenvalue weighted by Crippen LogP contribution is 2.37. The van der Waals surface area contributed by atoms with Gasteiger partial charge in [0.25, 0.3) is 11.1 Å². The first-order valence-corrected chi connectivity index (χ1v) is 12.2. The molecule has 2 aromatic carbocycles. The number of amides is 1. The topological polar surface area (TPSA) is 98.0 Å². The number of rotatable bonds is 5. The van der Waals surface area contributed by atoms with E-state index in [4.69, 9.17) is 0 Å². The molecule has 0 saturated heterocycles. The van der Waals surface area contributed by atoms with Gasteiger partial charge in [0.1, 0.15) is 11.5 Å². The number of nitrogens with zero attached hydrogens (tertiary/aromatic N) is 3. The molecule has 2 heterocycles. The van der Waals surface area contributed by atoms with Crippen LogP contribution in [0.25, 0.3) is 22.2 Å². The number of fused-ring (bicyclic) bond motifs is 1. The molecule has 4 aromatic rings. The number of carbonyl (C=O) groups is 1. The maximum absolute atomic E-state index is 15.4. The Morgan fingerprint density at radius 3 is 2.53 bits per heavy atom. The van der Waals surface area contributed by atoms with E-state index < -0.39 is 28.4 Å². The van der Waals surface area contributed by atoms with Crippen molar-refractivity contribution in [3.05, 3.63) is 78.4 Å². The van der Waals surface area contributed by atoms with Gasteiger partial charge in [-0.1, -0.05) is 12.1 Å². The third-order valence-corrected chi connectivity index (χ3v) is 6.60. The van der Waals surface area contributed by atoms with Crippen LogP contribution in [0.3, 0.4) is 0 Å². The molecule has 8 nitrogen and oxygen atoms in total. The average Bonchev–Trinajstić information content (AvgIpc) is 3.67. The molecule has 1 amide bonds. The standard InChI is InChI=1S/C25H20F2IN5O3/c1-12(34)29-15-5-3-4-13(10-15)21-23-19(24(35)33(31-21)16-7-8-16)22(20(27)25(36)32(23)2)30-18-9-6-14(28)11-17(18)26/h3-6,9-11,16,30H,7-8H2,1-2H3,(H,29,34). The monoisotopic (exact) mass is 603 g/mol. The van der Waals surface area contributed by atoms with Crippen molar-refractivity contribution in [2.24, 2.45) is 7.05 Å². The van der Waals surface area contributed by atoms with Gasteiger partial charge >= 0.3 is 0 Å². The minimum absolute atomic E-state index is 0.0766. The lowest BCUT2D eigenvalue weighted by Crippen LogP contribution is -2.30. The maximum atomic E-state index is 15.4. The van der Waals surface area contributed by atoms with Crippen LogP contribution < -0.4 is 21.8 Å². The van der Waals surface area contributed by atoms with Crippen LogP contribution in [0.2, 0.25) is 0 Å². The van der Waals surface area contributed by atoms with E-state index in [0.29, 0.717) is 14.8 Å². The fourth-order valence-corrected chi connectivity index (χ4v) is 4.56. The van der Waals surface area contributed by atoms with Crippen LogP contribution in [-0.4, -0.2) is 20.3 Å². The minimum atomic E-state index is -1.20. The van der Waals surface area contributed by atoms with E-state index in [9.17, 15) is 18.8 Å². The quantitative estimate of drug-likeness (QED) is 0.323. The predicted octanol–water partition coefficient (Wildman–Crippen LogP) is 4.68. The van der Waals surface area contributed by atoms with Gasteiger partial charge in [0.05, 0.1) is 28.3 Å². The Morgan fingerprint density at radius 2 is 1.86 bits per heavy atom. The van der Waals surface area contributed by atoms with Crippen LogP contribution in [-0.2, 0) is 11.8 Å². The molecule has 1 fully saturated rings. The SMILES string of the molecule is CC(=O)Nc1cccc(-c2nn(C3CC3)c(=O)c3c(Nc4ccc(I)cc4F)c(F)c(=O)n(C)c23)c1. The molecule has 1 aliphatic carbocycles. The number of pyridine rings is 1. The van der Waals surface area contributed by atoms with Crippen molar-refractivity contribution < 1.29 is 13.6 Å². The first-order chi connectivity index (χ1) is 17.2. The molecule has 5 rings (SSSR count). The Kier molecular flexibility index (Phi) is 6.10. The summed E-state index contributed by atoms with van der Waals surface area (Å²) in [6, 6.07) is 10.9. The molecule has 2 N–H and O–H groups in total. The van der Waals surface area contributed by atoms with Crippen LogP contribution in [0, 0.1) is 15.2 Å². The molecule has 1 aliphatic rings. The summed E-state index contributed by atoms with van der Waals surface area (Å²) in [4.78, 5) is 38.1. The zero-order chi connectivity index (χ0) is 25.7. The van der Waals surface area contributed by atoms with Crippen LogP contribution in [0.4, 0.5) is 25.8 Å². The fourth-order valence-electron chi connectivity index (χ4n) is 4.10. The van der Waals surface area contributed by atoms with E-state index in [1.54, 1.807) is 30.3 Å². The van der Waals surface area contributed by atoms with Crippen molar-refractivity contribution in [2.45, 2.75) is 25.8 Å². The number of anilines is 3. The maximum Gasteiger partial charge on any atom is 0.289 e. The van der Waals surface area contributed by atoms with Gasteiger partial charge in [0.2, 0.25) is 11.7 Å². The van der Waals surface area contributed by atoms with E-state index in [-0.39, 0.29) is 34.2 Å². The molecule has 0 bridgehead atoms. The third kappa shape index (κ3) is 4.27. The highest BCUT2D eigenvalue weighted by atomic mass is 127. The second-order valence-electron chi connectivity index (χ2n) is 8.62. The Morgan fingerprint density at radius 1 is 1.11 bits per heavy atom. The third-order valence-electron chi connectivity index (χ3n) is 5.93. The van der Waals surface area contributed by atoms with Gasteiger partial charge < -0.3 is 15.2 Å². The van der Waals surface area contributed by atoms with Gasteiger partial charge in [-0.05, 0) is 65.8 Å². The van der Waals surface area contributed by atoms with E-state index in [1.165, 1.54) is 30.8 Å². The van der Waals surface area contributed by atoms with Gasteiger partial charge in [0, 0.05) is 28.8 Å². The van der Waals surface area contributed by atoms with Crippen molar-refractivity contribution in [2.75, 3.05) is 10.6 Å². The average molecular weight is 603 g/mol. The molecule has 0 unspecified atom stereocenters. The van der Waals surface area contributed by atoms with Gasteiger partial charge in [-0.15, -0.1) is 0 Å². The number of aromatic nitrogens is 3. The summed E-state index contributed by atoms with van der Waals surface area (Å²) in [6.07, 6.45) is 1.46. The summed E-state index contributed by atoms with van der Waals surface area (Å²) in [5.41, 5.74) is -0.718. The molecule has 0 spiro atoms. The lowest BCUT2D eigenvalue weighted by Gasteiger charge is -2.18. The summed E-state index contributed by atoms with van der Waals surface area (Å²) in [6.45, 7) is 1.38.